The summed E-state index contributed by atoms with van der Waals surface area (Å²) in [7, 11) is 0. The third kappa shape index (κ3) is 4.07. The van der Waals surface area contributed by atoms with Gasteiger partial charge in [0.1, 0.15) is 11.5 Å². The van der Waals surface area contributed by atoms with Gasteiger partial charge in [0.15, 0.2) is 5.11 Å². The van der Waals surface area contributed by atoms with Crippen molar-refractivity contribution < 1.29 is 10.2 Å². The summed E-state index contributed by atoms with van der Waals surface area (Å²) >= 11 is 5.66. The highest BCUT2D eigenvalue weighted by Crippen LogP contribution is 2.35. The quantitative estimate of drug-likeness (QED) is 0.540. The van der Waals surface area contributed by atoms with Crippen molar-refractivity contribution >= 4 is 28.7 Å². The minimum Gasteiger partial charge on any atom is -0.508 e. The topological polar surface area (TPSA) is 68.1 Å². The number of hydrogen-bond donors (Lipinski definition) is 3. The number of anilines is 1. The van der Waals surface area contributed by atoms with Gasteiger partial charge >= 0.3 is 0 Å². The number of thiocarbonyl (C=S) groups is 1. The predicted molar refractivity (Wildman–Crippen MR) is 119 cm³/mol. The molecule has 0 bridgehead atoms. The lowest BCUT2D eigenvalue weighted by atomic mass is 9.98. The van der Waals surface area contributed by atoms with Gasteiger partial charge in [0.2, 0.25) is 0 Å². The van der Waals surface area contributed by atoms with Crippen molar-refractivity contribution in [1.29, 1.82) is 0 Å². The van der Waals surface area contributed by atoms with Crippen LogP contribution >= 0.6 is 12.2 Å². The van der Waals surface area contributed by atoms with E-state index in [1.54, 1.807) is 29.3 Å². The molecular weight excluding hydrogens is 382 g/mol. The second-order valence-electron chi connectivity index (χ2n) is 7.02. The van der Waals surface area contributed by atoms with Crippen molar-refractivity contribution in [3.05, 3.63) is 89.5 Å². The van der Waals surface area contributed by atoms with E-state index < -0.39 is 0 Å². The van der Waals surface area contributed by atoms with Crippen LogP contribution in [0.3, 0.4) is 0 Å². The number of aromatic hydroxyl groups is 2. The summed E-state index contributed by atoms with van der Waals surface area (Å²) in [6.45, 7) is 2.03. The van der Waals surface area contributed by atoms with Gasteiger partial charge in [-0.3, -0.25) is 0 Å². The van der Waals surface area contributed by atoms with Crippen molar-refractivity contribution in [3.8, 4) is 11.5 Å². The maximum Gasteiger partial charge on any atom is 0.194 e. The first-order valence-corrected chi connectivity index (χ1v) is 9.74. The number of phenols is 2. The van der Waals surface area contributed by atoms with Crippen LogP contribution in [0.15, 0.2) is 77.9 Å². The van der Waals surface area contributed by atoms with Crippen LogP contribution in [0.2, 0.25) is 0 Å². The Balaban J connectivity index is 1.66. The summed E-state index contributed by atoms with van der Waals surface area (Å²) in [6.07, 6.45) is 0.581. The summed E-state index contributed by atoms with van der Waals surface area (Å²) in [5, 5.41) is 30.1. The number of para-hydroxylation sites is 1. The van der Waals surface area contributed by atoms with Gasteiger partial charge in [-0.2, -0.15) is 5.10 Å². The third-order valence-corrected chi connectivity index (χ3v) is 5.20. The third-order valence-electron chi connectivity index (χ3n) is 4.91. The molecule has 1 aliphatic rings. The van der Waals surface area contributed by atoms with Gasteiger partial charge in [-0.15, -0.1) is 0 Å². The van der Waals surface area contributed by atoms with Crippen LogP contribution in [0.25, 0.3) is 0 Å². The predicted octanol–water partition coefficient (Wildman–Crippen LogP) is 4.95. The van der Waals surface area contributed by atoms with Gasteiger partial charge in [0.25, 0.3) is 0 Å². The van der Waals surface area contributed by atoms with Crippen LogP contribution in [0.5, 0.6) is 11.5 Å². The zero-order valence-corrected chi connectivity index (χ0v) is 16.7. The Labute approximate surface area is 174 Å². The first-order valence-electron chi connectivity index (χ1n) is 9.33. The summed E-state index contributed by atoms with van der Waals surface area (Å²) in [6, 6.07) is 22.0. The van der Waals surface area contributed by atoms with Crippen LogP contribution in [-0.2, 0) is 0 Å². The number of hydrazone groups is 1. The second-order valence-corrected chi connectivity index (χ2v) is 7.40. The normalized spacial score (nSPS) is 15.8. The zero-order chi connectivity index (χ0) is 20.4. The molecule has 0 radical (unpaired) electrons. The molecule has 3 aromatic rings. The Hall–Kier alpha value is -3.38. The molecule has 0 saturated heterocycles. The largest absolute Gasteiger partial charge is 0.508 e. The van der Waals surface area contributed by atoms with Gasteiger partial charge in [0.05, 0.1) is 11.8 Å². The summed E-state index contributed by atoms with van der Waals surface area (Å²) in [5.74, 6) is 0.399. The van der Waals surface area contributed by atoms with Crippen LogP contribution in [0.1, 0.15) is 29.2 Å². The highest BCUT2D eigenvalue weighted by atomic mass is 32.1. The molecule has 1 heterocycles. The second kappa shape index (κ2) is 7.93. The Kier molecular flexibility index (Phi) is 5.18. The number of phenolic OH excluding ortho intramolecular Hbond substituents is 2. The van der Waals surface area contributed by atoms with E-state index in [0.717, 1.165) is 17.0 Å². The van der Waals surface area contributed by atoms with E-state index in [9.17, 15) is 10.2 Å². The number of benzene rings is 3. The van der Waals surface area contributed by atoms with E-state index in [-0.39, 0.29) is 17.5 Å². The van der Waals surface area contributed by atoms with Crippen molar-refractivity contribution in [2.45, 2.75) is 19.4 Å². The highest BCUT2D eigenvalue weighted by molar-refractivity contribution is 7.80. The SMILES string of the molecule is Cc1ccc(NC(=S)N2N=C(c3ccccc3O)C[C@H]2c2ccc(O)cc2)cc1. The highest BCUT2D eigenvalue weighted by Gasteiger charge is 2.32. The van der Waals surface area contributed by atoms with Crippen LogP contribution in [0.4, 0.5) is 5.69 Å². The number of nitrogens with one attached hydrogen (secondary N) is 1. The molecule has 0 unspecified atom stereocenters. The summed E-state index contributed by atoms with van der Waals surface area (Å²) in [5.41, 5.74) is 4.48. The Morgan fingerprint density at radius 1 is 1.00 bits per heavy atom. The molecular formula is C23H21N3O2S. The van der Waals surface area contributed by atoms with E-state index in [0.29, 0.717) is 17.1 Å². The Bertz CT molecular complexity index is 1060. The van der Waals surface area contributed by atoms with Crippen LogP contribution in [-0.4, -0.2) is 26.0 Å². The zero-order valence-electron chi connectivity index (χ0n) is 15.9. The van der Waals surface area contributed by atoms with E-state index in [4.69, 9.17) is 17.3 Å². The van der Waals surface area contributed by atoms with E-state index in [2.05, 4.69) is 5.32 Å². The fourth-order valence-electron chi connectivity index (χ4n) is 3.35. The molecule has 3 aromatic carbocycles. The fourth-order valence-corrected chi connectivity index (χ4v) is 3.64. The molecule has 29 heavy (non-hydrogen) atoms. The van der Waals surface area contributed by atoms with Crippen molar-refractivity contribution in [2.75, 3.05) is 5.32 Å². The lowest BCUT2D eigenvalue weighted by molar-refractivity contribution is 0.375. The van der Waals surface area contributed by atoms with E-state index >= 15 is 0 Å². The van der Waals surface area contributed by atoms with Gasteiger partial charge in [-0.1, -0.05) is 42.0 Å². The Morgan fingerprint density at radius 2 is 1.69 bits per heavy atom. The fraction of sp³-hybridized carbons (Fsp3) is 0.130. The van der Waals surface area contributed by atoms with Crippen LogP contribution < -0.4 is 5.32 Å². The van der Waals surface area contributed by atoms with Gasteiger partial charge in [0, 0.05) is 17.7 Å². The molecule has 1 aliphatic heterocycles. The molecule has 0 amide bonds. The summed E-state index contributed by atoms with van der Waals surface area (Å²) < 4.78 is 0. The molecule has 3 N–H and O–H groups in total. The minimum absolute atomic E-state index is 0.143. The minimum atomic E-state index is -0.143. The standard InChI is InChI=1S/C23H21N3O2S/c1-15-6-10-17(11-7-15)24-23(29)26-21(16-8-12-18(27)13-9-16)14-20(25-26)19-4-2-3-5-22(19)28/h2-13,21,27-28H,14H2,1H3,(H,24,29)/t21-/m0/s1. The lowest BCUT2D eigenvalue weighted by Gasteiger charge is -2.25. The lowest BCUT2D eigenvalue weighted by Crippen LogP contribution is -2.31. The molecule has 5 nitrogen and oxygen atoms in total. The molecule has 0 spiro atoms. The Morgan fingerprint density at radius 3 is 2.38 bits per heavy atom. The van der Waals surface area contributed by atoms with Gasteiger partial charge < -0.3 is 15.5 Å². The average molecular weight is 404 g/mol. The maximum atomic E-state index is 10.3. The molecule has 4 rings (SSSR count). The molecule has 0 aliphatic carbocycles. The molecule has 1 atom stereocenters. The summed E-state index contributed by atoms with van der Waals surface area (Å²) in [4.78, 5) is 0. The maximum absolute atomic E-state index is 10.3. The monoisotopic (exact) mass is 403 g/mol. The van der Waals surface area contributed by atoms with Crippen molar-refractivity contribution in [1.82, 2.24) is 5.01 Å². The van der Waals surface area contributed by atoms with Crippen molar-refractivity contribution in [3.63, 3.8) is 0 Å². The van der Waals surface area contributed by atoms with Crippen molar-refractivity contribution in [2.24, 2.45) is 5.10 Å². The van der Waals surface area contributed by atoms with E-state index in [1.165, 1.54) is 5.56 Å². The van der Waals surface area contributed by atoms with Gasteiger partial charge in [-0.25, -0.2) is 5.01 Å². The molecule has 6 heteroatoms. The molecule has 0 aromatic heterocycles. The first-order chi connectivity index (χ1) is 14.0. The van der Waals surface area contributed by atoms with Crippen LogP contribution in [0, 0.1) is 6.92 Å². The number of hydrogen-bond acceptors (Lipinski definition) is 4. The average Bonchev–Trinajstić information content (AvgIpc) is 3.16. The van der Waals surface area contributed by atoms with Gasteiger partial charge in [-0.05, 0) is 61.1 Å². The molecule has 0 fully saturated rings. The number of rotatable bonds is 3. The van der Waals surface area contributed by atoms with E-state index in [1.807, 2.05) is 55.5 Å². The number of aryl methyl sites for hydroxylation is 1. The molecule has 146 valence electrons. The smallest absolute Gasteiger partial charge is 0.194 e. The number of nitrogens with zero attached hydrogens (tertiary/aromatic N) is 2. The first kappa shape index (κ1) is 19.0. The molecule has 0 saturated carbocycles.